The molecular weight excluding hydrogens is 304 g/mol. The standard InChI is InChI=1S/C18H24N4O2/c1-13-12-24-15-8-6-5-7-14(15)11-21(13)17(23)20-16-9-10-19-22(16)18(2,3)4/h5-10,13H,11-12H2,1-4H3,(H,20,23)/t13-/m0/s1. The van der Waals surface area contributed by atoms with E-state index in [0.29, 0.717) is 19.0 Å². The third-order valence-electron chi connectivity index (χ3n) is 4.10. The molecule has 1 aliphatic rings. The molecule has 0 radical (unpaired) electrons. The summed E-state index contributed by atoms with van der Waals surface area (Å²) >= 11 is 0. The summed E-state index contributed by atoms with van der Waals surface area (Å²) in [6.07, 6.45) is 1.70. The molecule has 6 heteroatoms. The number of carbonyl (C=O) groups is 1. The fourth-order valence-electron chi connectivity index (χ4n) is 2.80. The number of hydrogen-bond acceptors (Lipinski definition) is 3. The van der Waals surface area contributed by atoms with E-state index in [0.717, 1.165) is 11.3 Å². The molecule has 1 N–H and O–H groups in total. The molecule has 0 aliphatic carbocycles. The number of carbonyl (C=O) groups excluding carboxylic acids is 1. The molecular formula is C18H24N4O2. The molecule has 1 atom stereocenters. The second-order valence-corrected chi connectivity index (χ2v) is 7.12. The molecule has 24 heavy (non-hydrogen) atoms. The van der Waals surface area contributed by atoms with Crippen LogP contribution in [0.25, 0.3) is 0 Å². The lowest BCUT2D eigenvalue weighted by Crippen LogP contribution is -2.43. The highest BCUT2D eigenvalue weighted by atomic mass is 16.5. The number of ether oxygens (including phenoxy) is 1. The van der Waals surface area contributed by atoms with Crippen LogP contribution in [0.1, 0.15) is 33.3 Å². The first-order valence-electron chi connectivity index (χ1n) is 8.19. The molecule has 3 rings (SSSR count). The van der Waals surface area contributed by atoms with Crippen molar-refractivity contribution in [2.45, 2.75) is 45.8 Å². The normalized spacial score (nSPS) is 17.7. The predicted octanol–water partition coefficient (Wildman–Crippen LogP) is 3.45. The van der Waals surface area contributed by atoms with Crippen LogP contribution >= 0.6 is 0 Å². The van der Waals surface area contributed by atoms with Crippen molar-refractivity contribution in [1.29, 1.82) is 0 Å². The zero-order valence-electron chi connectivity index (χ0n) is 14.6. The number of aromatic nitrogens is 2. The van der Waals surface area contributed by atoms with E-state index in [1.54, 1.807) is 11.1 Å². The van der Waals surface area contributed by atoms with Gasteiger partial charge in [-0.25, -0.2) is 9.48 Å². The largest absolute Gasteiger partial charge is 0.491 e. The topological polar surface area (TPSA) is 59.4 Å². The molecule has 2 amide bonds. The van der Waals surface area contributed by atoms with Gasteiger partial charge in [-0.05, 0) is 33.8 Å². The van der Waals surface area contributed by atoms with Gasteiger partial charge in [-0.15, -0.1) is 0 Å². The Morgan fingerprint density at radius 1 is 1.29 bits per heavy atom. The predicted molar refractivity (Wildman–Crippen MR) is 93.2 cm³/mol. The number of para-hydroxylation sites is 1. The maximum Gasteiger partial charge on any atom is 0.323 e. The fourth-order valence-corrected chi connectivity index (χ4v) is 2.80. The van der Waals surface area contributed by atoms with Crippen molar-refractivity contribution in [2.75, 3.05) is 11.9 Å². The van der Waals surface area contributed by atoms with E-state index in [9.17, 15) is 4.79 Å². The van der Waals surface area contributed by atoms with Crippen LogP contribution < -0.4 is 10.1 Å². The van der Waals surface area contributed by atoms with Crippen molar-refractivity contribution in [2.24, 2.45) is 0 Å². The first kappa shape index (κ1) is 16.4. The van der Waals surface area contributed by atoms with Crippen molar-refractivity contribution >= 4 is 11.8 Å². The fraction of sp³-hybridized carbons (Fsp3) is 0.444. The molecule has 2 aromatic rings. The average Bonchev–Trinajstić information content (AvgIpc) is 2.92. The zero-order chi connectivity index (χ0) is 17.3. The number of benzene rings is 1. The lowest BCUT2D eigenvalue weighted by atomic mass is 10.1. The van der Waals surface area contributed by atoms with E-state index in [-0.39, 0.29) is 17.6 Å². The molecule has 1 aromatic heterocycles. The van der Waals surface area contributed by atoms with Gasteiger partial charge in [-0.3, -0.25) is 5.32 Å². The van der Waals surface area contributed by atoms with Crippen LogP contribution in [0.2, 0.25) is 0 Å². The maximum absolute atomic E-state index is 12.8. The highest BCUT2D eigenvalue weighted by molar-refractivity contribution is 5.88. The van der Waals surface area contributed by atoms with E-state index in [4.69, 9.17) is 4.74 Å². The SMILES string of the molecule is C[C@H]1COc2ccccc2CN1C(=O)Nc1ccnn1C(C)(C)C. The van der Waals surface area contributed by atoms with E-state index >= 15 is 0 Å². The lowest BCUT2D eigenvalue weighted by Gasteiger charge is -2.28. The third-order valence-corrected chi connectivity index (χ3v) is 4.10. The van der Waals surface area contributed by atoms with Gasteiger partial charge in [0.1, 0.15) is 18.2 Å². The molecule has 1 aromatic carbocycles. The van der Waals surface area contributed by atoms with Crippen molar-refractivity contribution in [3.63, 3.8) is 0 Å². The number of hydrogen-bond donors (Lipinski definition) is 1. The number of anilines is 1. The van der Waals surface area contributed by atoms with Crippen LogP contribution in [0.3, 0.4) is 0 Å². The summed E-state index contributed by atoms with van der Waals surface area (Å²) < 4.78 is 7.63. The average molecular weight is 328 g/mol. The molecule has 6 nitrogen and oxygen atoms in total. The quantitative estimate of drug-likeness (QED) is 0.872. The second kappa shape index (κ2) is 6.19. The Balaban J connectivity index is 1.81. The summed E-state index contributed by atoms with van der Waals surface area (Å²) in [5, 5.41) is 7.31. The molecule has 1 aliphatic heterocycles. The molecule has 0 bridgehead atoms. The van der Waals surface area contributed by atoms with Gasteiger partial charge in [0.2, 0.25) is 0 Å². The van der Waals surface area contributed by atoms with Crippen molar-refractivity contribution in [1.82, 2.24) is 14.7 Å². The second-order valence-electron chi connectivity index (χ2n) is 7.12. The Morgan fingerprint density at radius 3 is 2.79 bits per heavy atom. The Morgan fingerprint density at radius 2 is 2.04 bits per heavy atom. The van der Waals surface area contributed by atoms with Gasteiger partial charge in [-0.2, -0.15) is 5.10 Å². The molecule has 0 spiro atoms. The molecule has 0 saturated heterocycles. The first-order valence-corrected chi connectivity index (χ1v) is 8.19. The van der Waals surface area contributed by atoms with Crippen LogP contribution in [-0.2, 0) is 12.1 Å². The van der Waals surface area contributed by atoms with Gasteiger partial charge in [-0.1, -0.05) is 18.2 Å². The summed E-state index contributed by atoms with van der Waals surface area (Å²) in [5.41, 5.74) is 0.813. The maximum atomic E-state index is 12.8. The van der Waals surface area contributed by atoms with Crippen LogP contribution in [0, 0.1) is 0 Å². The van der Waals surface area contributed by atoms with Crippen LogP contribution in [0.4, 0.5) is 10.6 Å². The van der Waals surface area contributed by atoms with Gasteiger partial charge >= 0.3 is 6.03 Å². The number of nitrogens with zero attached hydrogens (tertiary/aromatic N) is 3. The minimum atomic E-state index is -0.202. The molecule has 0 fully saturated rings. The van der Waals surface area contributed by atoms with Gasteiger partial charge in [0.05, 0.1) is 24.3 Å². The molecule has 0 saturated carbocycles. The monoisotopic (exact) mass is 328 g/mol. The minimum absolute atomic E-state index is 0.0246. The Labute approximate surface area is 142 Å². The van der Waals surface area contributed by atoms with E-state index in [1.165, 1.54) is 0 Å². The summed E-state index contributed by atoms with van der Waals surface area (Å²) in [5.74, 6) is 1.54. The summed E-state index contributed by atoms with van der Waals surface area (Å²) in [4.78, 5) is 14.6. The highest BCUT2D eigenvalue weighted by Crippen LogP contribution is 2.26. The van der Waals surface area contributed by atoms with E-state index in [1.807, 2.05) is 62.7 Å². The van der Waals surface area contributed by atoms with E-state index < -0.39 is 0 Å². The summed E-state index contributed by atoms with van der Waals surface area (Å²) in [6, 6.07) is 9.49. The molecule has 0 unspecified atom stereocenters. The first-order chi connectivity index (χ1) is 11.4. The smallest absolute Gasteiger partial charge is 0.323 e. The van der Waals surface area contributed by atoms with Gasteiger partial charge in [0, 0.05) is 11.6 Å². The van der Waals surface area contributed by atoms with Gasteiger partial charge in [0.15, 0.2) is 0 Å². The summed E-state index contributed by atoms with van der Waals surface area (Å²) in [6.45, 7) is 9.14. The number of rotatable bonds is 1. The van der Waals surface area contributed by atoms with Gasteiger partial charge < -0.3 is 9.64 Å². The van der Waals surface area contributed by atoms with Crippen LogP contribution in [0.15, 0.2) is 36.5 Å². The van der Waals surface area contributed by atoms with E-state index in [2.05, 4.69) is 10.4 Å². The highest BCUT2D eigenvalue weighted by Gasteiger charge is 2.27. The lowest BCUT2D eigenvalue weighted by molar-refractivity contribution is 0.167. The zero-order valence-corrected chi connectivity index (χ0v) is 14.6. The minimum Gasteiger partial charge on any atom is -0.491 e. The van der Waals surface area contributed by atoms with Crippen LogP contribution in [-0.4, -0.2) is 33.4 Å². The molecule has 2 heterocycles. The molecule has 128 valence electrons. The van der Waals surface area contributed by atoms with Crippen LogP contribution in [0.5, 0.6) is 5.75 Å². The van der Waals surface area contributed by atoms with Crippen molar-refractivity contribution < 1.29 is 9.53 Å². The Hall–Kier alpha value is -2.50. The van der Waals surface area contributed by atoms with Gasteiger partial charge in [0.25, 0.3) is 0 Å². The number of fused-ring (bicyclic) bond motifs is 1. The number of nitrogens with one attached hydrogen (secondary N) is 1. The third kappa shape index (κ3) is 3.22. The Kier molecular flexibility index (Phi) is 4.22. The van der Waals surface area contributed by atoms with Crippen molar-refractivity contribution in [3.05, 3.63) is 42.1 Å². The van der Waals surface area contributed by atoms with Crippen molar-refractivity contribution in [3.8, 4) is 5.75 Å². The Bertz CT molecular complexity index is 733. The summed E-state index contributed by atoms with van der Waals surface area (Å²) in [7, 11) is 0. The number of amides is 2. The number of urea groups is 1.